The normalized spacial score (nSPS) is 33.0. The molecule has 180 valence electrons. The summed E-state index contributed by atoms with van der Waals surface area (Å²) in [6.45, 7) is 0.623. The van der Waals surface area contributed by atoms with Gasteiger partial charge in [0.05, 0.1) is 36.3 Å². The Bertz CT molecular complexity index is 1050. The van der Waals surface area contributed by atoms with Crippen LogP contribution in [0, 0.1) is 36.0 Å². The number of amides is 2. The highest BCUT2D eigenvalue weighted by atomic mass is 16.7. The number of rotatable bonds is 6. The van der Waals surface area contributed by atoms with Gasteiger partial charge in [0.1, 0.15) is 6.61 Å². The number of ether oxygens (including phenoxy) is 2. The standard InChI is InChI=1S/C25H28N2O7/c1-2-3-4-9-34-26-17-11-18(28)23(29)21-15(17)6-7-16-22(21)25(31)27(24(16)30)12-14-5-8-19-20(10-14)33-13-32-19/h1,5,8,10,15-16,18,21-23,28-29H,3-4,6-7,9,11-13H2/b26-17+/t15-,16+,18+,21-,22+,23+/m0/s1. The molecule has 6 atom stereocenters. The van der Waals surface area contributed by atoms with Crippen molar-refractivity contribution in [3.05, 3.63) is 23.8 Å². The first kappa shape index (κ1) is 22.7. The smallest absolute Gasteiger partial charge is 0.233 e. The predicted molar refractivity (Wildman–Crippen MR) is 119 cm³/mol. The first-order chi connectivity index (χ1) is 16.5. The van der Waals surface area contributed by atoms with Crippen LogP contribution in [-0.2, 0) is 21.0 Å². The first-order valence-electron chi connectivity index (χ1n) is 11.7. The van der Waals surface area contributed by atoms with Crippen molar-refractivity contribution < 1.29 is 34.1 Å². The molecule has 1 aromatic rings. The molecule has 0 aromatic heterocycles. The Morgan fingerprint density at radius 2 is 1.94 bits per heavy atom. The molecule has 1 aromatic carbocycles. The summed E-state index contributed by atoms with van der Waals surface area (Å²) in [6.07, 6.45) is 5.62. The lowest BCUT2D eigenvalue weighted by atomic mass is 9.60. The van der Waals surface area contributed by atoms with Crippen LogP contribution >= 0.6 is 0 Å². The number of terminal acetylenes is 1. The van der Waals surface area contributed by atoms with Crippen molar-refractivity contribution in [1.29, 1.82) is 0 Å². The third kappa shape index (κ3) is 3.91. The number of benzene rings is 1. The molecule has 0 bridgehead atoms. The Balaban J connectivity index is 1.35. The molecule has 1 saturated heterocycles. The predicted octanol–water partition coefficient (Wildman–Crippen LogP) is 1.45. The van der Waals surface area contributed by atoms with Gasteiger partial charge < -0.3 is 24.5 Å². The van der Waals surface area contributed by atoms with Crippen LogP contribution < -0.4 is 9.47 Å². The van der Waals surface area contributed by atoms with Crippen LogP contribution in [0.1, 0.15) is 37.7 Å². The van der Waals surface area contributed by atoms with Crippen molar-refractivity contribution in [3.8, 4) is 23.8 Å². The van der Waals surface area contributed by atoms with Crippen LogP contribution in [0.25, 0.3) is 0 Å². The number of likely N-dealkylation sites (tertiary alicyclic amines) is 1. The quantitative estimate of drug-likeness (QED) is 0.281. The molecule has 5 rings (SSSR count). The number of aliphatic hydroxyl groups excluding tert-OH is 2. The zero-order valence-corrected chi connectivity index (χ0v) is 18.8. The zero-order valence-electron chi connectivity index (χ0n) is 18.8. The lowest BCUT2D eigenvalue weighted by molar-refractivity contribution is -0.142. The molecule has 2 amide bonds. The van der Waals surface area contributed by atoms with E-state index >= 15 is 0 Å². The van der Waals surface area contributed by atoms with Crippen LogP contribution in [-0.4, -0.2) is 58.2 Å². The third-order valence-corrected chi connectivity index (χ3v) is 7.39. The van der Waals surface area contributed by atoms with Gasteiger partial charge >= 0.3 is 0 Å². The van der Waals surface area contributed by atoms with Crippen LogP contribution in [0.5, 0.6) is 11.5 Å². The topological polar surface area (TPSA) is 118 Å². The molecule has 9 nitrogen and oxygen atoms in total. The minimum Gasteiger partial charge on any atom is -0.454 e. The molecule has 2 N–H and O–H groups in total. The van der Waals surface area contributed by atoms with E-state index in [9.17, 15) is 19.8 Å². The molecule has 0 unspecified atom stereocenters. The van der Waals surface area contributed by atoms with Crippen molar-refractivity contribution in [2.75, 3.05) is 13.4 Å². The highest BCUT2D eigenvalue weighted by Crippen LogP contribution is 2.50. The number of hydrogen-bond donors (Lipinski definition) is 2. The van der Waals surface area contributed by atoms with E-state index in [4.69, 9.17) is 20.7 Å². The number of imide groups is 1. The molecule has 2 saturated carbocycles. The van der Waals surface area contributed by atoms with E-state index in [0.717, 1.165) is 5.56 Å². The van der Waals surface area contributed by atoms with Gasteiger partial charge in [-0.15, -0.1) is 12.3 Å². The maximum absolute atomic E-state index is 13.5. The molecule has 2 aliphatic heterocycles. The third-order valence-electron chi connectivity index (χ3n) is 7.39. The van der Waals surface area contributed by atoms with E-state index in [1.807, 2.05) is 0 Å². The number of hydrogen-bond acceptors (Lipinski definition) is 8. The van der Waals surface area contributed by atoms with Gasteiger partial charge in [-0.25, -0.2) is 0 Å². The number of unbranched alkanes of at least 4 members (excludes halogenated alkanes) is 1. The van der Waals surface area contributed by atoms with Gasteiger partial charge in [-0.2, -0.15) is 0 Å². The monoisotopic (exact) mass is 468 g/mol. The van der Waals surface area contributed by atoms with Crippen LogP contribution in [0.2, 0.25) is 0 Å². The number of aliphatic hydroxyl groups is 2. The van der Waals surface area contributed by atoms with Gasteiger partial charge in [0.2, 0.25) is 18.6 Å². The second-order valence-electron chi connectivity index (χ2n) is 9.33. The van der Waals surface area contributed by atoms with Gasteiger partial charge in [0.25, 0.3) is 0 Å². The van der Waals surface area contributed by atoms with Gasteiger partial charge in [0, 0.05) is 24.7 Å². The number of oxime groups is 1. The highest BCUT2D eigenvalue weighted by molar-refractivity contribution is 6.06. The molecular weight excluding hydrogens is 440 g/mol. The van der Waals surface area contributed by atoms with Crippen molar-refractivity contribution >= 4 is 17.5 Å². The van der Waals surface area contributed by atoms with E-state index in [0.29, 0.717) is 49.5 Å². The van der Waals surface area contributed by atoms with Crippen LogP contribution in [0.15, 0.2) is 23.4 Å². The summed E-state index contributed by atoms with van der Waals surface area (Å²) in [7, 11) is 0. The van der Waals surface area contributed by atoms with Crippen LogP contribution in [0.3, 0.4) is 0 Å². The lowest BCUT2D eigenvalue weighted by Gasteiger charge is -2.45. The molecule has 0 spiro atoms. The maximum Gasteiger partial charge on any atom is 0.233 e. The van der Waals surface area contributed by atoms with E-state index in [2.05, 4.69) is 11.1 Å². The van der Waals surface area contributed by atoms with E-state index in [1.54, 1.807) is 18.2 Å². The molecule has 2 aliphatic carbocycles. The summed E-state index contributed by atoms with van der Waals surface area (Å²) >= 11 is 0. The molecule has 34 heavy (non-hydrogen) atoms. The number of carbonyl (C=O) groups is 2. The lowest BCUT2D eigenvalue weighted by Crippen LogP contribution is -2.54. The number of fused-ring (bicyclic) bond motifs is 4. The van der Waals surface area contributed by atoms with Crippen molar-refractivity contribution in [3.63, 3.8) is 0 Å². The Kier molecular flexibility index (Phi) is 6.19. The molecule has 4 aliphatic rings. The maximum atomic E-state index is 13.5. The van der Waals surface area contributed by atoms with Gasteiger partial charge in [-0.3, -0.25) is 14.5 Å². The summed E-state index contributed by atoms with van der Waals surface area (Å²) in [5, 5.41) is 25.7. The summed E-state index contributed by atoms with van der Waals surface area (Å²) in [5.74, 6) is 1.18. The fourth-order valence-electron chi connectivity index (χ4n) is 5.78. The molecule has 9 heteroatoms. The number of carbonyl (C=O) groups excluding carboxylic acids is 2. The number of nitrogens with zero attached hydrogens (tertiary/aromatic N) is 2. The van der Waals surface area contributed by atoms with Crippen LogP contribution in [0.4, 0.5) is 0 Å². The fraction of sp³-hybridized carbons (Fsp3) is 0.560. The molecule has 0 radical (unpaired) electrons. The first-order valence-corrected chi connectivity index (χ1v) is 11.7. The van der Waals surface area contributed by atoms with Crippen molar-refractivity contribution in [2.24, 2.45) is 28.8 Å². The second kappa shape index (κ2) is 9.28. The Labute approximate surface area is 197 Å². The molecular formula is C25H28N2O7. The molecule has 2 heterocycles. The molecule has 3 fully saturated rings. The summed E-state index contributed by atoms with van der Waals surface area (Å²) < 4.78 is 10.7. The Morgan fingerprint density at radius 1 is 1.15 bits per heavy atom. The minimum absolute atomic E-state index is 0.122. The van der Waals surface area contributed by atoms with E-state index in [1.165, 1.54) is 4.90 Å². The average molecular weight is 469 g/mol. The minimum atomic E-state index is -1.11. The SMILES string of the molecule is C#CCCCO/N=C1\C[C@@H](O)[C@@H](O)[C@@H]2[C@@H]3C(=O)N(Cc4ccc5c(c4)OCO5)C(=O)[C@@H]3CC[C@@H]12. The summed E-state index contributed by atoms with van der Waals surface area (Å²) in [4.78, 5) is 33.4. The fourth-order valence-corrected chi connectivity index (χ4v) is 5.78. The van der Waals surface area contributed by atoms with Gasteiger partial charge in [0.15, 0.2) is 11.5 Å². The van der Waals surface area contributed by atoms with Crippen molar-refractivity contribution in [2.45, 2.75) is 50.9 Å². The zero-order chi connectivity index (χ0) is 23.8. The van der Waals surface area contributed by atoms with Gasteiger partial charge in [-0.1, -0.05) is 11.2 Å². The largest absolute Gasteiger partial charge is 0.454 e. The van der Waals surface area contributed by atoms with Crippen molar-refractivity contribution in [1.82, 2.24) is 4.90 Å². The second-order valence-corrected chi connectivity index (χ2v) is 9.33. The summed E-state index contributed by atoms with van der Waals surface area (Å²) in [6, 6.07) is 5.34. The van der Waals surface area contributed by atoms with E-state index in [-0.39, 0.29) is 37.5 Å². The average Bonchev–Trinajstić information content (AvgIpc) is 3.40. The Morgan fingerprint density at radius 3 is 2.76 bits per heavy atom. The van der Waals surface area contributed by atoms with Gasteiger partial charge in [-0.05, 0) is 37.0 Å². The Hall–Kier alpha value is -3.09. The summed E-state index contributed by atoms with van der Waals surface area (Å²) in [5.41, 5.74) is 1.39. The van der Waals surface area contributed by atoms with E-state index < -0.39 is 30.0 Å². The highest BCUT2D eigenvalue weighted by Gasteiger charge is 2.59.